The number of thiol groups is 1. The molecule has 0 aromatic rings. The molecule has 5 heteroatoms. The Balaban J connectivity index is 4.11. The van der Waals surface area contributed by atoms with Gasteiger partial charge in [-0.05, 0) is 27.7 Å². The maximum atomic E-state index is 11.2. The minimum atomic E-state index is -0.591. The maximum absolute atomic E-state index is 11.2. The summed E-state index contributed by atoms with van der Waals surface area (Å²) in [5.41, 5.74) is -0.554. The van der Waals surface area contributed by atoms with E-state index < -0.39 is 17.7 Å². The van der Waals surface area contributed by atoms with E-state index in [1.807, 2.05) is 0 Å². The second-order valence-electron chi connectivity index (χ2n) is 3.99. The molecule has 0 unspecified atom stereocenters. The molecule has 0 bridgehead atoms. The highest BCUT2D eigenvalue weighted by Gasteiger charge is 2.20. The Hall–Kier alpha value is -0.710. The summed E-state index contributed by atoms with van der Waals surface area (Å²) >= 11 is 3.95. The van der Waals surface area contributed by atoms with Gasteiger partial charge in [-0.1, -0.05) is 0 Å². The van der Waals surface area contributed by atoms with Crippen molar-refractivity contribution in [3.8, 4) is 0 Å². The van der Waals surface area contributed by atoms with E-state index >= 15 is 0 Å². The van der Waals surface area contributed by atoms with E-state index in [2.05, 4.69) is 17.9 Å². The molecule has 4 nitrogen and oxygen atoms in total. The Labute approximate surface area is 89.8 Å². The number of Topliss-reactive ketones (excluding diaryl/α,β-unsaturated/α-hetero) is 1. The van der Waals surface area contributed by atoms with Crippen molar-refractivity contribution in [1.29, 1.82) is 0 Å². The van der Waals surface area contributed by atoms with E-state index in [0.717, 1.165) is 0 Å². The molecule has 0 aliphatic heterocycles. The predicted octanol–water partition coefficient (Wildman–Crippen LogP) is 1.40. The molecule has 0 aromatic carbocycles. The van der Waals surface area contributed by atoms with Crippen LogP contribution in [0, 0.1) is 0 Å². The fourth-order valence-corrected chi connectivity index (χ4v) is 1.07. The number of nitrogens with one attached hydrogen (secondary N) is 1. The van der Waals surface area contributed by atoms with Crippen LogP contribution in [-0.2, 0) is 9.53 Å². The summed E-state index contributed by atoms with van der Waals surface area (Å²) in [4.78, 5) is 22.2. The summed E-state index contributed by atoms with van der Waals surface area (Å²) in [5, 5.41) is 2.44. The van der Waals surface area contributed by atoms with E-state index in [4.69, 9.17) is 4.74 Å². The number of hydrogen-bond acceptors (Lipinski definition) is 4. The first-order valence-corrected chi connectivity index (χ1v) is 5.00. The molecule has 0 fully saturated rings. The van der Waals surface area contributed by atoms with Crippen LogP contribution in [0.3, 0.4) is 0 Å². The zero-order chi connectivity index (χ0) is 11.4. The SMILES string of the molecule is CC(=O)[C@H](CS)NC(=O)OC(C)(C)C. The van der Waals surface area contributed by atoms with Crippen molar-refractivity contribution in [2.75, 3.05) is 5.75 Å². The summed E-state index contributed by atoms with van der Waals surface area (Å²) in [6.07, 6.45) is -0.591. The highest BCUT2D eigenvalue weighted by molar-refractivity contribution is 7.80. The zero-order valence-corrected chi connectivity index (χ0v) is 9.85. The number of carbonyl (C=O) groups is 2. The number of rotatable bonds is 3. The van der Waals surface area contributed by atoms with E-state index in [1.54, 1.807) is 20.8 Å². The molecule has 0 spiro atoms. The van der Waals surface area contributed by atoms with Crippen LogP contribution < -0.4 is 5.32 Å². The largest absolute Gasteiger partial charge is 0.444 e. The minimum absolute atomic E-state index is 0.133. The first kappa shape index (κ1) is 13.3. The molecular formula is C9H17NO3S. The third-order valence-corrected chi connectivity index (χ3v) is 1.73. The molecule has 0 saturated carbocycles. The van der Waals surface area contributed by atoms with Gasteiger partial charge in [0.15, 0.2) is 5.78 Å². The Morgan fingerprint density at radius 2 is 1.93 bits per heavy atom. The number of carbonyl (C=O) groups excluding carboxylic acids is 2. The maximum Gasteiger partial charge on any atom is 0.408 e. The minimum Gasteiger partial charge on any atom is -0.444 e. The van der Waals surface area contributed by atoms with Crippen molar-refractivity contribution in [2.45, 2.75) is 39.3 Å². The Kier molecular flexibility index (Phi) is 4.97. The average Bonchev–Trinajstić information content (AvgIpc) is 1.96. The summed E-state index contributed by atoms with van der Waals surface area (Å²) in [6, 6.07) is -0.576. The third-order valence-electron chi connectivity index (χ3n) is 1.36. The molecule has 0 radical (unpaired) electrons. The van der Waals surface area contributed by atoms with Crippen molar-refractivity contribution in [3.63, 3.8) is 0 Å². The van der Waals surface area contributed by atoms with Crippen molar-refractivity contribution in [2.24, 2.45) is 0 Å². The lowest BCUT2D eigenvalue weighted by atomic mass is 10.2. The molecule has 1 atom stereocenters. The van der Waals surface area contributed by atoms with Crippen LogP contribution in [0.5, 0.6) is 0 Å². The molecule has 0 aliphatic carbocycles. The van der Waals surface area contributed by atoms with Gasteiger partial charge < -0.3 is 10.1 Å². The normalized spacial score (nSPS) is 13.2. The van der Waals surface area contributed by atoms with Gasteiger partial charge in [0.2, 0.25) is 0 Å². The molecule has 0 saturated heterocycles. The summed E-state index contributed by atoms with van der Waals surface area (Å²) in [7, 11) is 0. The van der Waals surface area contributed by atoms with Crippen LogP contribution in [0.2, 0.25) is 0 Å². The van der Waals surface area contributed by atoms with E-state index in [1.165, 1.54) is 6.92 Å². The lowest BCUT2D eigenvalue weighted by Crippen LogP contribution is -2.43. The van der Waals surface area contributed by atoms with Crippen molar-refractivity contribution < 1.29 is 14.3 Å². The standard InChI is InChI=1S/C9H17NO3S/c1-6(11)7(5-14)10-8(12)13-9(2,3)4/h7,14H,5H2,1-4H3,(H,10,12)/t7-/m0/s1. The Morgan fingerprint density at radius 3 is 2.21 bits per heavy atom. The second kappa shape index (κ2) is 5.24. The van der Waals surface area contributed by atoms with Gasteiger partial charge in [-0.2, -0.15) is 12.6 Å². The average molecular weight is 219 g/mol. The lowest BCUT2D eigenvalue weighted by molar-refractivity contribution is -0.118. The fourth-order valence-electron chi connectivity index (χ4n) is 0.726. The monoisotopic (exact) mass is 219 g/mol. The van der Waals surface area contributed by atoms with E-state index in [0.29, 0.717) is 0 Å². The molecule has 14 heavy (non-hydrogen) atoms. The number of alkyl carbamates (subject to hydrolysis) is 1. The molecule has 0 rings (SSSR count). The predicted molar refractivity (Wildman–Crippen MR) is 57.7 cm³/mol. The second-order valence-corrected chi connectivity index (χ2v) is 4.36. The lowest BCUT2D eigenvalue weighted by Gasteiger charge is -2.21. The molecule has 0 heterocycles. The van der Waals surface area contributed by atoms with E-state index in [-0.39, 0.29) is 11.5 Å². The van der Waals surface area contributed by atoms with Gasteiger partial charge >= 0.3 is 6.09 Å². The molecule has 1 N–H and O–H groups in total. The molecular weight excluding hydrogens is 202 g/mol. The van der Waals surface area contributed by atoms with Crippen LogP contribution in [0.4, 0.5) is 4.79 Å². The number of ether oxygens (including phenoxy) is 1. The quantitative estimate of drug-likeness (QED) is 0.705. The van der Waals surface area contributed by atoms with Crippen molar-refractivity contribution in [3.05, 3.63) is 0 Å². The molecule has 0 aliphatic rings. The van der Waals surface area contributed by atoms with Gasteiger partial charge in [-0.3, -0.25) is 4.79 Å². The third kappa shape index (κ3) is 5.85. The van der Waals surface area contributed by atoms with Crippen LogP contribution in [0.1, 0.15) is 27.7 Å². The Bertz CT molecular complexity index is 223. The highest BCUT2D eigenvalue weighted by Crippen LogP contribution is 2.06. The van der Waals surface area contributed by atoms with Gasteiger partial charge in [0, 0.05) is 5.75 Å². The highest BCUT2D eigenvalue weighted by atomic mass is 32.1. The van der Waals surface area contributed by atoms with Crippen LogP contribution in [0.15, 0.2) is 0 Å². The first-order chi connectivity index (χ1) is 6.26. The number of hydrogen-bond donors (Lipinski definition) is 2. The van der Waals surface area contributed by atoms with Gasteiger partial charge in [-0.15, -0.1) is 0 Å². The first-order valence-electron chi connectivity index (χ1n) is 4.37. The van der Waals surface area contributed by atoms with E-state index in [9.17, 15) is 9.59 Å². The fraction of sp³-hybridized carbons (Fsp3) is 0.778. The van der Waals surface area contributed by atoms with Crippen molar-refractivity contribution in [1.82, 2.24) is 5.32 Å². The van der Waals surface area contributed by atoms with Gasteiger partial charge in [0.05, 0.1) is 6.04 Å². The van der Waals surface area contributed by atoms with Crippen LogP contribution in [0.25, 0.3) is 0 Å². The van der Waals surface area contributed by atoms with Crippen LogP contribution >= 0.6 is 12.6 Å². The molecule has 1 amide bonds. The molecule has 0 aromatic heterocycles. The molecule has 82 valence electrons. The van der Waals surface area contributed by atoms with Crippen LogP contribution in [-0.4, -0.2) is 29.3 Å². The van der Waals surface area contributed by atoms with Crippen molar-refractivity contribution >= 4 is 24.5 Å². The number of amides is 1. The smallest absolute Gasteiger partial charge is 0.408 e. The zero-order valence-electron chi connectivity index (χ0n) is 8.96. The Morgan fingerprint density at radius 1 is 1.43 bits per heavy atom. The summed E-state index contributed by atoms with van der Waals surface area (Å²) < 4.78 is 4.98. The van der Waals surface area contributed by atoms with Gasteiger partial charge in [-0.25, -0.2) is 4.79 Å². The summed E-state index contributed by atoms with van der Waals surface area (Å²) in [5.74, 6) is 0.139. The van der Waals surface area contributed by atoms with Gasteiger partial charge in [0.25, 0.3) is 0 Å². The topological polar surface area (TPSA) is 55.4 Å². The number of ketones is 1. The summed E-state index contributed by atoms with van der Waals surface area (Å²) in [6.45, 7) is 6.68. The van der Waals surface area contributed by atoms with Gasteiger partial charge in [0.1, 0.15) is 5.60 Å².